The van der Waals surface area contributed by atoms with Gasteiger partial charge in [-0.2, -0.15) is 0 Å². The number of amides is 2. The summed E-state index contributed by atoms with van der Waals surface area (Å²) in [4.78, 5) is 38.2. The Morgan fingerprint density at radius 1 is 1.18 bits per heavy atom. The van der Waals surface area contributed by atoms with E-state index in [1.807, 2.05) is 38.1 Å². The number of aromatic carboxylic acids is 1. The van der Waals surface area contributed by atoms with E-state index in [1.165, 1.54) is 19.3 Å². The van der Waals surface area contributed by atoms with Crippen molar-refractivity contribution in [3.63, 3.8) is 0 Å². The number of carbonyl (C=O) groups is 3. The van der Waals surface area contributed by atoms with Gasteiger partial charge < -0.3 is 20.3 Å². The Balaban J connectivity index is 1.97. The molecule has 0 bridgehead atoms. The van der Waals surface area contributed by atoms with Crippen molar-refractivity contribution in [3.8, 4) is 16.2 Å². The molecule has 0 unspecified atom stereocenters. The van der Waals surface area contributed by atoms with Gasteiger partial charge in [0.05, 0.1) is 0 Å². The molecule has 0 atom stereocenters. The summed E-state index contributed by atoms with van der Waals surface area (Å²) in [6.07, 6.45) is 5.79. The van der Waals surface area contributed by atoms with Gasteiger partial charge in [0.1, 0.15) is 5.75 Å². The number of thiophene rings is 1. The van der Waals surface area contributed by atoms with Crippen molar-refractivity contribution in [1.82, 2.24) is 5.32 Å². The van der Waals surface area contributed by atoms with Gasteiger partial charge in [0.25, 0.3) is 0 Å². The molecule has 9 heteroatoms. The summed E-state index contributed by atoms with van der Waals surface area (Å²) in [5, 5.41) is 21.6. The zero-order valence-corrected chi connectivity index (χ0v) is 20.6. The Morgan fingerprint density at radius 3 is 2.50 bits per heavy atom. The highest BCUT2D eigenvalue weighted by molar-refractivity contribution is 7.18. The van der Waals surface area contributed by atoms with Crippen LogP contribution in [0.5, 0.6) is 5.75 Å². The molecule has 3 N–H and O–H groups in total. The van der Waals surface area contributed by atoms with Crippen LogP contribution in [0.3, 0.4) is 0 Å². The molecular weight excluding hydrogens is 456 g/mol. The molecule has 1 aromatic carbocycles. The fraction of sp³-hybridized carbons (Fsp3) is 0.480. The third-order valence-corrected chi connectivity index (χ3v) is 7.18. The Kier molecular flexibility index (Phi) is 8.55. The topological polar surface area (TPSA) is 116 Å². The number of hydrogen-bond donors (Lipinski definition) is 3. The maximum atomic E-state index is 13.1. The van der Waals surface area contributed by atoms with Crippen LogP contribution in [0.1, 0.15) is 61.2 Å². The zero-order chi connectivity index (χ0) is 24.8. The zero-order valence-electron chi connectivity index (χ0n) is 19.8. The molecule has 184 valence electrons. The summed E-state index contributed by atoms with van der Waals surface area (Å²) in [5.41, 5.74) is 2.05. The highest BCUT2D eigenvalue weighted by atomic mass is 32.1. The van der Waals surface area contributed by atoms with Crippen LogP contribution in [0.2, 0.25) is 0 Å². The number of carbonyl (C=O) groups excluding carboxylic acids is 1. The lowest BCUT2D eigenvalue weighted by atomic mass is 9.89. The largest absolute Gasteiger partial charge is 0.480 e. The minimum Gasteiger partial charge on any atom is -0.480 e. The van der Waals surface area contributed by atoms with E-state index in [9.17, 15) is 19.5 Å². The predicted molar refractivity (Wildman–Crippen MR) is 132 cm³/mol. The Labute approximate surface area is 203 Å². The molecule has 1 aliphatic carbocycles. The number of urea groups is 1. The van der Waals surface area contributed by atoms with Crippen LogP contribution in [-0.2, 0) is 4.79 Å². The van der Waals surface area contributed by atoms with Gasteiger partial charge in [0, 0.05) is 28.7 Å². The van der Waals surface area contributed by atoms with Crippen molar-refractivity contribution in [2.75, 3.05) is 18.1 Å². The third kappa shape index (κ3) is 6.28. The van der Waals surface area contributed by atoms with Crippen molar-refractivity contribution in [3.05, 3.63) is 34.7 Å². The van der Waals surface area contributed by atoms with Crippen molar-refractivity contribution in [2.45, 2.75) is 58.9 Å². The number of carboxylic acids is 2. The van der Waals surface area contributed by atoms with Gasteiger partial charge in [-0.25, -0.2) is 14.4 Å². The molecule has 1 aromatic heterocycles. The SMILES string of the molecule is Cc1c(-c2cccc(N(CC3CCCCC3)C(=O)NC(C)C)c2)sc(C(=O)O)c1OCC(=O)O. The summed E-state index contributed by atoms with van der Waals surface area (Å²) < 4.78 is 5.31. The fourth-order valence-electron chi connectivity index (χ4n) is 4.30. The summed E-state index contributed by atoms with van der Waals surface area (Å²) in [6.45, 7) is 5.57. The van der Waals surface area contributed by atoms with Crippen molar-refractivity contribution in [1.29, 1.82) is 0 Å². The molecule has 3 rings (SSSR count). The van der Waals surface area contributed by atoms with E-state index in [4.69, 9.17) is 9.84 Å². The molecule has 1 fully saturated rings. The number of anilines is 1. The van der Waals surface area contributed by atoms with Gasteiger partial charge in [0.15, 0.2) is 11.5 Å². The first-order chi connectivity index (χ1) is 16.2. The van der Waals surface area contributed by atoms with Crippen LogP contribution < -0.4 is 15.0 Å². The van der Waals surface area contributed by atoms with Crippen LogP contribution >= 0.6 is 11.3 Å². The first kappa shape index (κ1) is 25.6. The van der Waals surface area contributed by atoms with Crippen molar-refractivity contribution in [2.24, 2.45) is 5.92 Å². The molecule has 8 nitrogen and oxygen atoms in total. The minimum absolute atomic E-state index is 0.00357. The average molecular weight is 489 g/mol. The van der Waals surface area contributed by atoms with Crippen LogP contribution in [0.15, 0.2) is 24.3 Å². The van der Waals surface area contributed by atoms with E-state index in [0.717, 1.165) is 35.4 Å². The number of hydrogen-bond acceptors (Lipinski definition) is 5. The second kappa shape index (κ2) is 11.4. The molecule has 34 heavy (non-hydrogen) atoms. The van der Waals surface area contributed by atoms with Crippen molar-refractivity contribution >= 4 is 35.0 Å². The number of nitrogens with one attached hydrogen (secondary N) is 1. The predicted octanol–water partition coefficient (Wildman–Crippen LogP) is 5.39. The standard InChI is InChI=1S/C25H32N2O6S/c1-15(2)26-25(32)27(13-17-8-5-4-6-9-17)19-11-7-10-18(12-19)22-16(3)21(33-14-20(28)29)23(34-22)24(30)31/h7,10-12,15,17H,4-6,8-9,13-14H2,1-3H3,(H,26,32)(H,28,29)(H,30,31). The van der Waals surface area contributed by atoms with E-state index in [0.29, 0.717) is 22.9 Å². The number of nitrogens with zero attached hydrogens (tertiary/aromatic N) is 1. The molecule has 0 saturated heterocycles. The van der Waals surface area contributed by atoms with Gasteiger partial charge in [-0.05, 0) is 57.2 Å². The van der Waals surface area contributed by atoms with Crippen LogP contribution in [-0.4, -0.2) is 47.4 Å². The lowest BCUT2D eigenvalue weighted by molar-refractivity contribution is -0.139. The van der Waals surface area contributed by atoms with E-state index < -0.39 is 18.5 Å². The summed E-state index contributed by atoms with van der Waals surface area (Å²) in [7, 11) is 0. The van der Waals surface area contributed by atoms with E-state index in [-0.39, 0.29) is 22.7 Å². The van der Waals surface area contributed by atoms with Gasteiger partial charge in [0.2, 0.25) is 0 Å². The first-order valence-electron chi connectivity index (χ1n) is 11.6. The van der Waals surface area contributed by atoms with E-state index in [2.05, 4.69) is 5.32 Å². The molecule has 0 radical (unpaired) electrons. The summed E-state index contributed by atoms with van der Waals surface area (Å²) >= 11 is 1.04. The highest BCUT2D eigenvalue weighted by Gasteiger charge is 2.26. The Morgan fingerprint density at radius 2 is 1.88 bits per heavy atom. The number of carboxylic acid groups (broad SMARTS) is 2. The molecule has 2 amide bonds. The fourth-order valence-corrected chi connectivity index (χ4v) is 5.38. The lowest BCUT2D eigenvalue weighted by Gasteiger charge is -2.31. The molecule has 2 aromatic rings. The number of aliphatic carboxylic acids is 1. The smallest absolute Gasteiger partial charge is 0.349 e. The van der Waals surface area contributed by atoms with Gasteiger partial charge >= 0.3 is 18.0 Å². The number of benzene rings is 1. The van der Waals surface area contributed by atoms with Crippen LogP contribution in [0.4, 0.5) is 10.5 Å². The number of ether oxygens (including phenoxy) is 1. The molecule has 1 aliphatic rings. The molecule has 1 heterocycles. The molecule has 1 saturated carbocycles. The van der Waals surface area contributed by atoms with Gasteiger partial charge in [-0.15, -0.1) is 11.3 Å². The second-order valence-electron chi connectivity index (χ2n) is 8.97. The number of rotatable bonds is 9. The maximum Gasteiger partial charge on any atom is 0.349 e. The minimum atomic E-state index is -1.18. The highest BCUT2D eigenvalue weighted by Crippen LogP contribution is 2.42. The molecular formula is C25H32N2O6S. The third-order valence-electron chi connectivity index (χ3n) is 5.87. The quantitative estimate of drug-likeness (QED) is 0.436. The van der Waals surface area contributed by atoms with E-state index in [1.54, 1.807) is 11.8 Å². The summed E-state index contributed by atoms with van der Waals surface area (Å²) in [5.74, 6) is -1.85. The normalized spacial score (nSPS) is 14.1. The Hall–Kier alpha value is -3.07. The molecule has 0 spiro atoms. The summed E-state index contributed by atoms with van der Waals surface area (Å²) in [6, 6.07) is 7.31. The van der Waals surface area contributed by atoms with Gasteiger partial charge in [-0.3, -0.25) is 4.90 Å². The van der Waals surface area contributed by atoms with Crippen LogP contribution in [0.25, 0.3) is 10.4 Å². The molecule has 0 aliphatic heterocycles. The average Bonchev–Trinajstić information content (AvgIpc) is 3.12. The second-order valence-corrected chi connectivity index (χ2v) is 9.99. The Bertz CT molecular complexity index is 1040. The van der Waals surface area contributed by atoms with Gasteiger partial charge in [-0.1, -0.05) is 31.4 Å². The monoisotopic (exact) mass is 488 g/mol. The van der Waals surface area contributed by atoms with Crippen molar-refractivity contribution < 1.29 is 29.3 Å². The maximum absolute atomic E-state index is 13.1. The van der Waals surface area contributed by atoms with E-state index >= 15 is 0 Å². The van der Waals surface area contributed by atoms with Crippen LogP contribution in [0, 0.1) is 12.8 Å². The lowest BCUT2D eigenvalue weighted by Crippen LogP contribution is -2.45. The first-order valence-corrected chi connectivity index (χ1v) is 12.4.